The van der Waals surface area contributed by atoms with Crippen LogP contribution in [0.1, 0.15) is 22.4 Å². The Morgan fingerprint density at radius 1 is 1.12 bits per heavy atom. The Balaban J connectivity index is 1.93. The Labute approximate surface area is 102 Å². The predicted octanol–water partition coefficient (Wildman–Crippen LogP) is 2.38. The van der Waals surface area contributed by atoms with E-state index in [-0.39, 0.29) is 0 Å². The summed E-state index contributed by atoms with van der Waals surface area (Å²) in [5.74, 6) is 0. The summed E-state index contributed by atoms with van der Waals surface area (Å²) in [6.07, 6.45) is 3.34. The first kappa shape index (κ1) is 11.7. The number of hydrogen-bond donors (Lipinski definition) is 1. The van der Waals surface area contributed by atoms with Crippen LogP contribution in [0.3, 0.4) is 0 Å². The summed E-state index contributed by atoms with van der Waals surface area (Å²) >= 11 is 0. The number of aryl methyl sites for hydroxylation is 1. The minimum absolute atomic E-state index is 0.774. The molecule has 0 saturated carbocycles. The van der Waals surface area contributed by atoms with E-state index in [2.05, 4.69) is 47.3 Å². The zero-order valence-electron chi connectivity index (χ0n) is 10.3. The van der Waals surface area contributed by atoms with Gasteiger partial charge in [-0.25, -0.2) is 9.97 Å². The molecule has 3 heteroatoms. The molecule has 0 amide bonds. The monoisotopic (exact) mass is 227 g/mol. The molecule has 0 aliphatic rings. The third-order valence-corrected chi connectivity index (χ3v) is 2.98. The van der Waals surface area contributed by atoms with E-state index in [4.69, 9.17) is 0 Å². The average Bonchev–Trinajstić information content (AvgIpc) is 2.36. The van der Waals surface area contributed by atoms with Crippen LogP contribution in [0.5, 0.6) is 0 Å². The van der Waals surface area contributed by atoms with Gasteiger partial charge < -0.3 is 5.32 Å². The molecule has 0 radical (unpaired) electrons. The van der Waals surface area contributed by atoms with E-state index in [1.165, 1.54) is 16.7 Å². The number of rotatable bonds is 4. The second-order valence-corrected chi connectivity index (χ2v) is 4.16. The van der Waals surface area contributed by atoms with Gasteiger partial charge in [0.2, 0.25) is 0 Å². The van der Waals surface area contributed by atoms with Gasteiger partial charge in [-0.3, -0.25) is 0 Å². The SMILES string of the molecule is Cc1cccc(CNCc2ccncn2)c1C. The van der Waals surface area contributed by atoms with Crippen LogP contribution < -0.4 is 5.32 Å². The van der Waals surface area contributed by atoms with Gasteiger partial charge in [0.15, 0.2) is 0 Å². The fraction of sp³-hybridized carbons (Fsp3) is 0.286. The number of nitrogens with zero attached hydrogens (tertiary/aromatic N) is 2. The topological polar surface area (TPSA) is 37.8 Å². The van der Waals surface area contributed by atoms with Crippen molar-refractivity contribution in [2.75, 3.05) is 0 Å². The molecule has 1 heterocycles. The van der Waals surface area contributed by atoms with Gasteiger partial charge in [0.05, 0.1) is 5.69 Å². The molecule has 2 aromatic rings. The van der Waals surface area contributed by atoms with Crippen molar-refractivity contribution in [3.05, 3.63) is 59.2 Å². The normalized spacial score (nSPS) is 10.5. The highest BCUT2D eigenvalue weighted by Crippen LogP contribution is 2.12. The van der Waals surface area contributed by atoms with Crippen LogP contribution in [0.15, 0.2) is 36.8 Å². The maximum Gasteiger partial charge on any atom is 0.115 e. The van der Waals surface area contributed by atoms with Crippen LogP contribution in [-0.4, -0.2) is 9.97 Å². The second-order valence-electron chi connectivity index (χ2n) is 4.16. The Morgan fingerprint density at radius 3 is 2.76 bits per heavy atom. The Morgan fingerprint density at radius 2 is 2.00 bits per heavy atom. The largest absolute Gasteiger partial charge is 0.307 e. The van der Waals surface area contributed by atoms with E-state index in [1.54, 1.807) is 12.5 Å². The van der Waals surface area contributed by atoms with Gasteiger partial charge in [-0.15, -0.1) is 0 Å². The van der Waals surface area contributed by atoms with Crippen LogP contribution in [0, 0.1) is 13.8 Å². The summed E-state index contributed by atoms with van der Waals surface area (Å²) in [5.41, 5.74) is 5.07. The molecule has 0 unspecified atom stereocenters. The minimum Gasteiger partial charge on any atom is -0.307 e. The summed E-state index contributed by atoms with van der Waals surface area (Å²) in [7, 11) is 0. The molecule has 1 aromatic carbocycles. The van der Waals surface area contributed by atoms with Crippen molar-refractivity contribution in [2.45, 2.75) is 26.9 Å². The maximum absolute atomic E-state index is 4.18. The highest BCUT2D eigenvalue weighted by Gasteiger charge is 2.00. The molecule has 0 atom stereocenters. The molecular formula is C14H17N3. The van der Waals surface area contributed by atoms with Gasteiger partial charge in [-0.2, -0.15) is 0 Å². The second kappa shape index (κ2) is 5.55. The van der Waals surface area contributed by atoms with E-state index in [0.717, 1.165) is 18.8 Å². The van der Waals surface area contributed by atoms with Crippen molar-refractivity contribution < 1.29 is 0 Å². The van der Waals surface area contributed by atoms with Crippen LogP contribution in [-0.2, 0) is 13.1 Å². The zero-order valence-corrected chi connectivity index (χ0v) is 10.3. The summed E-state index contributed by atoms with van der Waals surface area (Å²) in [6.45, 7) is 5.95. The quantitative estimate of drug-likeness (QED) is 0.871. The molecule has 0 aliphatic carbocycles. The van der Waals surface area contributed by atoms with Crippen molar-refractivity contribution >= 4 is 0 Å². The standard InChI is InChI=1S/C14H17N3/c1-11-4-3-5-13(12(11)2)8-16-9-14-6-7-15-10-17-14/h3-7,10,16H,8-9H2,1-2H3. The molecule has 1 aromatic heterocycles. The lowest BCUT2D eigenvalue weighted by Gasteiger charge is -2.09. The molecular weight excluding hydrogens is 210 g/mol. The minimum atomic E-state index is 0.774. The number of hydrogen-bond acceptors (Lipinski definition) is 3. The molecule has 0 aliphatic heterocycles. The van der Waals surface area contributed by atoms with Gasteiger partial charge in [0.25, 0.3) is 0 Å². The highest BCUT2D eigenvalue weighted by molar-refractivity contribution is 5.32. The van der Waals surface area contributed by atoms with Crippen molar-refractivity contribution in [1.29, 1.82) is 0 Å². The van der Waals surface area contributed by atoms with Gasteiger partial charge in [0.1, 0.15) is 6.33 Å². The molecule has 1 N–H and O–H groups in total. The lowest BCUT2D eigenvalue weighted by Crippen LogP contribution is -2.14. The third kappa shape index (κ3) is 3.11. The van der Waals surface area contributed by atoms with Crippen molar-refractivity contribution in [1.82, 2.24) is 15.3 Å². The summed E-state index contributed by atoms with van der Waals surface area (Å²) in [4.78, 5) is 8.07. The van der Waals surface area contributed by atoms with Crippen molar-refractivity contribution in [2.24, 2.45) is 0 Å². The molecule has 2 rings (SSSR count). The Kier molecular flexibility index (Phi) is 3.83. The maximum atomic E-state index is 4.18. The zero-order chi connectivity index (χ0) is 12.1. The lowest BCUT2D eigenvalue weighted by atomic mass is 10.0. The fourth-order valence-corrected chi connectivity index (χ4v) is 1.75. The third-order valence-electron chi connectivity index (χ3n) is 2.98. The highest BCUT2D eigenvalue weighted by atomic mass is 14.9. The van der Waals surface area contributed by atoms with Gasteiger partial charge >= 0.3 is 0 Å². The molecule has 17 heavy (non-hydrogen) atoms. The van der Waals surface area contributed by atoms with Crippen LogP contribution >= 0.6 is 0 Å². The smallest absolute Gasteiger partial charge is 0.115 e. The molecule has 0 saturated heterocycles. The summed E-state index contributed by atoms with van der Waals surface area (Å²) in [5, 5.41) is 3.40. The van der Waals surface area contributed by atoms with Gasteiger partial charge in [-0.1, -0.05) is 18.2 Å². The van der Waals surface area contributed by atoms with Crippen molar-refractivity contribution in [3.63, 3.8) is 0 Å². The predicted molar refractivity (Wildman–Crippen MR) is 68.5 cm³/mol. The lowest BCUT2D eigenvalue weighted by molar-refractivity contribution is 0.675. The van der Waals surface area contributed by atoms with E-state index in [0.29, 0.717) is 0 Å². The number of aromatic nitrogens is 2. The summed E-state index contributed by atoms with van der Waals surface area (Å²) < 4.78 is 0. The first-order valence-corrected chi connectivity index (χ1v) is 5.78. The summed E-state index contributed by atoms with van der Waals surface area (Å²) in [6, 6.07) is 8.33. The average molecular weight is 227 g/mol. The molecule has 0 bridgehead atoms. The molecule has 0 fully saturated rings. The van der Waals surface area contributed by atoms with Gasteiger partial charge in [-0.05, 0) is 36.6 Å². The first-order valence-electron chi connectivity index (χ1n) is 5.78. The van der Waals surface area contributed by atoms with Crippen LogP contribution in [0.25, 0.3) is 0 Å². The van der Waals surface area contributed by atoms with E-state index in [9.17, 15) is 0 Å². The molecule has 3 nitrogen and oxygen atoms in total. The molecule has 88 valence electrons. The van der Waals surface area contributed by atoms with Crippen molar-refractivity contribution in [3.8, 4) is 0 Å². The van der Waals surface area contributed by atoms with E-state index < -0.39 is 0 Å². The van der Waals surface area contributed by atoms with Gasteiger partial charge in [0, 0.05) is 19.3 Å². The fourth-order valence-electron chi connectivity index (χ4n) is 1.75. The first-order chi connectivity index (χ1) is 8.27. The van der Waals surface area contributed by atoms with E-state index >= 15 is 0 Å². The van der Waals surface area contributed by atoms with E-state index in [1.807, 2.05) is 6.07 Å². The number of benzene rings is 1. The Bertz CT molecular complexity index is 480. The molecule has 0 spiro atoms. The Hall–Kier alpha value is -1.74. The van der Waals surface area contributed by atoms with Crippen LogP contribution in [0.4, 0.5) is 0 Å². The van der Waals surface area contributed by atoms with Crippen LogP contribution in [0.2, 0.25) is 0 Å². The number of nitrogens with one attached hydrogen (secondary N) is 1.